The van der Waals surface area contributed by atoms with Crippen molar-refractivity contribution in [3.8, 4) is 11.5 Å². The van der Waals surface area contributed by atoms with Crippen LogP contribution in [0.5, 0.6) is 11.5 Å². The van der Waals surface area contributed by atoms with Crippen molar-refractivity contribution in [1.82, 2.24) is 0 Å². The third kappa shape index (κ3) is 17.1. The van der Waals surface area contributed by atoms with Crippen LogP contribution in [0, 0.1) is 11.8 Å². The average molecular weight is 1040 g/mol. The maximum Gasteiger partial charge on any atom is 0.337 e. The van der Waals surface area contributed by atoms with E-state index in [1.807, 2.05) is 103 Å². The number of methoxy groups -OCH3 is 1. The van der Waals surface area contributed by atoms with Gasteiger partial charge in [0.2, 0.25) is 0 Å². The Bertz CT molecular complexity index is 2950. The van der Waals surface area contributed by atoms with Crippen molar-refractivity contribution in [2.45, 2.75) is 117 Å². The molecule has 2 aliphatic rings. The molecule has 0 atom stereocenters. The fourth-order valence-electron chi connectivity index (χ4n) is 9.55. The Morgan fingerprint density at radius 3 is 1.13 bits per heavy atom. The minimum atomic E-state index is -0.984. The SMILES string of the molecule is CC(C)(C)c1ccc(/C(=C\c2ccc(C(=O)O)cc2)C(=O)Nc2ccc(OCC3CCCCC3)cc2)cc1.COC(=O)c1ccc(/C=C(/C(=O)Nc2ccc(OCC3CCCCC3)cc2)c2ccc(C(C)(C)C)cc2)cc1. The number of aromatic carboxylic acids is 1. The highest BCUT2D eigenvalue weighted by atomic mass is 16.5. The van der Waals surface area contributed by atoms with Crippen molar-refractivity contribution in [2.75, 3.05) is 31.0 Å². The molecule has 6 aromatic carbocycles. The van der Waals surface area contributed by atoms with Crippen LogP contribution in [-0.4, -0.2) is 49.2 Å². The van der Waals surface area contributed by atoms with E-state index in [1.54, 1.807) is 42.5 Å². The fourth-order valence-corrected chi connectivity index (χ4v) is 9.55. The van der Waals surface area contributed by atoms with Crippen LogP contribution in [-0.2, 0) is 25.2 Å². The first-order chi connectivity index (χ1) is 36.9. The van der Waals surface area contributed by atoms with E-state index in [9.17, 15) is 24.3 Å². The number of esters is 1. The molecule has 10 nitrogen and oxygen atoms in total. The van der Waals surface area contributed by atoms with Crippen LogP contribution in [0.25, 0.3) is 23.3 Å². The highest BCUT2D eigenvalue weighted by molar-refractivity contribution is 6.30. The van der Waals surface area contributed by atoms with Gasteiger partial charge in [0.1, 0.15) is 11.5 Å². The molecule has 77 heavy (non-hydrogen) atoms. The zero-order valence-corrected chi connectivity index (χ0v) is 46.0. The molecule has 2 amide bonds. The highest BCUT2D eigenvalue weighted by Gasteiger charge is 2.20. The molecule has 0 saturated heterocycles. The van der Waals surface area contributed by atoms with Gasteiger partial charge in [0.05, 0.1) is 31.5 Å². The number of ether oxygens (including phenoxy) is 3. The molecule has 3 N–H and O–H groups in total. The number of hydrogen-bond donors (Lipinski definition) is 3. The number of hydrogen-bond acceptors (Lipinski definition) is 7. The van der Waals surface area contributed by atoms with Gasteiger partial charge in [-0.1, -0.05) is 153 Å². The van der Waals surface area contributed by atoms with E-state index in [2.05, 4.69) is 64.3 Å². The van der Waals surface area contributed by atoms with E-state index >= 15 is 0 Å². The molecule has 2 fully saturated rings. The summed E-state index contributed by atoms with van der Waals surface area (Å²) in [5.41, 5.74) is 8.57. The van der Waals surface area contributed by atoms with E-state index in [1.165, 1.54) is 82.4 Å². The standard InChI is InChI=1S/C34H39NO4.C33H37NO4/c1-34(2,3)28-16-14-26(15-17-28)31(22-24-10-12-27(13-11-24)33(37)38-4)32(36)35-29-18-20-30(21-19-29)39-23-25-8-6-5-7-9-25;1-33(2,3)27-15-13-25(14-16-27)30(21-23-9-11-26(12-10-23)32(36)37)31(35)34-28-17-19-29(20-18-28)38-22-24-7-5-4-6-8-24/h10-22,25H,5-9,23H2,1-4H3,(H,35,36);9-21,24H,4-8,22H2,1-3H3,(H,34,35)(H,36,37)/b31-22+;30-21+. The van der Waals surface area contributed by atoms with Crippen molar-refractivity contribution in [3.63, 3.8) is 0 Å². The van der Waals surface area contributed by atoms with Gasteiger partial charge in [0.25, 0.3) is 11.8 Å². The van der Waals surface area contributed by atoms with Gasteiger partial charge in [-0.15, -0.1) is 0 Å². The first-order valence-corrected chi connectivity index (χ1v) is 27.2. The predicted molar refractivity (Wildman–Crippen MR) is 311 cm³/mol. The van der Waals surface area contributed by atoms with Crippen LogP contribution in [0.2, 0.25) is 0 Å². The minimum Gasteiger partial charge on any atom is -0.493 e. The summed E-state index contributed by atoms with van der Waals surface area (Å²) >= 11 is 0. The van der Waals surface area contributed by atoms with Gasteiger partial charge in [-0.05, 0) is 167 Å². The Balaban J connectivity index is 0.000000224. The Hall–Kier alpha value is -7.72. The number of nitrogens with one attached hydrogen (secondary N) is 2. The van der Waals surface area contributed by atoms with Crippen LogP contribution < -0.4 is 20.1 Å². The largest absolute Gasteiger partial charge is 0.493 e. The Morgan fingerprint density at radius 2 is 0.805 bits per heavy atom. The first-order valence-electron chi connectivity index (χ1n) is 27.2. The van der Waals surface area contributed by atoms with Gasteiger partial charge in [0.15, 0.2) is 0 Å². The molecule has 0 radical (unpaired) electrons. The summed E-state index contributed by atoms with van der Waals surface area (Å²) < 4.78 is 16.8. The zero-order chi connectivity index (χ0) is 55.0. The number of benzene rings is 6. The van der Waals surface area contributed by atoms with Gasteiger partial charge in [-0.25, -0.2) is 9.59 Å². The lowest BCUT2D eigenvalue weighted by Gasteiger charge is -2.21. The summed E-state index contributed by atoms with van der Waals surface area (Å²) in [6, 6.07) is 44.7. The number of anilines is 2. The summed E-state index contributed by atoms with van der Waals surface area (Å²) in [6.07, 6.45) is 16.4. The van der Waals surface area contributed by atoms with E-state index in [4.69, 9.17) is 14.2 Å². The average Bonchev–Trinajstić information content (AvgIpc) is 3.44. The molecule has 0 heterocycles. The lowest BCUT2D eigenvalue weighted by molar-refractivity contribution is -0.111. The fraction of sp³-hybridized carbons (Fsp3) is 0.343. The second kappa shape index (κ2) is 26.9. The molecule has 0 spiro atoms. The van der Waals surface area contributed by atoms with Gasteiger partial charge in [-0.2, -0.15) is 0 Å². The van der Waals surface area contributed by atoms with E-state index < -0.39 is 11.9 Å². The van der Waals surface area contributed by atoms with Crippen molar-refractivity contribution >= 4 is 58.4 Å². The molecule has 0 unspecified atom stereocenters. The van der Waals surface area contributed by atoms with E-state index in [-0.39, 0.29) is 28.2 Å². The van der Waals surface area contributed by atoms with Crippen molar-refractivity contribution < 1.29 is 38.5 Å². The summed E-state index contributed by atoms with van der Waals surface area (Å²) in [6.45, 7) is 14.4. The Kier molecular flexibility index (Phi) is 19.9. The minimum absolute atomic E-state index is 0.00185. The molecule has 402 valence electrons. The second-order valence-corrected chi connectivity index (χ2v) is 22.4. The normalized spacial score (nSPS) is 14.6. The molecule has 0 aromatic heterocycles. The van der Waals surface area contributed by atoms with Crippen molar-refractivity contribution in [2.24, 2.45) is 11.8 Å². The van der Waals surface area contributed by atoms with E-state index in [0.29, 0.717) is 39.9 Å². The van der Waals surface area contributed by atoms with Crippen LogP contribution in [0.4, 0.5) is 11.4 Å². The molecular formula is C67H76N2O8. The molecular weight excluding hydrogens is 961 g/mol. The van der Waals surface area contributed by atoms with Gasteiger partial charge in [-0.3, -0.25) is 9.59 Å². The maximum absolute atomic E-state index is 13.6. The third-order valence-electron chi connectivity index (χ3n) is 14.4. The van der Waals surface area contributed by atoms with E-state index in [0.717, 1.165) is 47.0 Å². The van der Waals surface area contributed by atoms with Gasteiger partial charge in [0, 0.05) is 22.5 Å². The maximum atomic E-state index is 13.6. The van der Waals surface area contributed by atoms with Crippen molar-refractivity contribution in [1.29, 1.82) is 0 Å². The van der Waals surface area contributed by atoms with Crippen LogP contribution >= 0.6 is 0 Å². The monoisotopic (exact) mass is 1040 g/mol. The second-order valence-electron chi connectivity index (χ2n) is 22.4. The number of carbonyl (C=O) groups is 4. The number of carbonyl (C=O) groups excluding carboxylic acids is 3. The molecule has 2 saturated carbocycles. The lowest BCUT2D eigenvalue weighted by atomic mass is 9.86. The first kappa shape index (κ1) is 57.0. The number of carboxylic acids is 1. The summed E-state index contributed by atoms with van der Waals surface area (Å²) in [5, 5.41) is 15.3. The Morgan fingerprint density at radius 1 is 0.468 bits per heavy atom. The summed E-state index contributed by atoms with van der Waals surface area (Å²) in [4.78, 5) is 50.1. The number of carboxylic acid groups (broad SMARTS) is 1. The molecule has 2 aliphatic carbocycles. The molecule has 0 aliphatic heterocycles. The van der Waals surface area contributed by atoms with Crippen molar-refractivity contribution in [3.05, 3.63) is 190 Å². The predicted octanol–water partition coefficient (Wildman–Crippen LogP) is 15.7. The zero-order valence-electron chi connectivity index (χ0n) is 46.0. The molecule has 8 rings (SSSR count). The molecule has 0 bridgehead atoms. The highest BCUT2D eigenvalue weighted by Crippen LogP contribution is 2.31. The van der Waals surface area contributed by atoms with Crippen LogP contribution in [0.15, 0.2) is 146 Å². The molecule has 10 heteroatoms. The molecule has 6 aromatic rings. The summed E-state index contributed by atoms with van der Waals surface area (Å²) in [7, 11) is 1.36. The third-order valence-corrected chi connectivity index (χ3v) is 14.4. The van der Waals surface area contributed by atoms with Gasteiger partial charge >= 0.3 is 11.9 Å². The van der Waals surface area contributed by atoms with Crippen LogP contribution in [0.1, 0.15) is 160 Å². The van der Waals surface area contributed by atoms with Crippen LogP contribution in [0.3, 0.4) is 0 Å². The van der Waals surface area contributed by atoms with Gasteiger partial charge < -0.3 is 30.0 Å². The lowest BCUT2D eigenvalue weighted by Crippen LogP contribution is -2.15. The number of rotatable bonds is 16. The number of amides is 2. The quantitative estimate of drug-likeness (QED) is 0.0495. The summed E-state index contributed by atoms with van der Waals surface area (Å²) in [5.74, 6) is 1.05. The smallest absolute Gasteiger partial charge is 0.337 e. The topological polar surface area (TPSA) is 140 Å². The Labute approximate surface area is 456 Å².